The van der Waals surface area contributed by atoms with Gasteiger partial charge in [-0.05, 0) is 39.0 Å². The van der Waals surface area contributed by atoms with Crippen LogP contribution in [-0.2, 0) is 4.74 Å². The van der Waals surface area contributed by atoms with E-state index in [9.17, 15) is 9.59 Å². The zero-order valence-corrected chi connectivity index (χ0v) is 18.2. The van der Waals surface area contributed by atoms with E-state index in [1.165, 1.54) is 7.11 Å². The first-order chi connectivity index (χ1) is 14.9. The second kappa shape index (κ2) is 9.94. The van der Waals surface area contributed by atoms with Crippen molar-refractivity contribution in [2.75, 3.05) is 13.7 Å². The molecule has 3 aromatic carbocycles. The van der Waals surface area contributed by atoms with E-state index in [0.717, 1.165) is 11.1 Å². The fraction of sp³-hybridized carbons (Fsp3) is 0.231. The Morgan fingerprint density at radius 2 is 1.39 bits per heavy atom. The summed E-state index contributed by atoms with van der Waals surface area (Å²) in [6.45, 7) is 6.25. The van der Waals surface area contributed by atoms with Gasteiger partial charge in [0.15, 0.2) is 17.6 Å². The summed E-state index contributed by atoms with van der Waals surface area (Å²) >= 11 is 0. The van der Waals surface area contributed by atoms with Crippen molar-refractivity contribution in [2.24, 2.45) is 0 Å². The van der Waals surface area contributed by atoms with E-state index in [4.69, 9.17) is 14.2 Å². The maximum Gasteiger partial charge on any atom is 0.339 e. The molecule has 3 rings (SSSR count). The molecule has 0 aliphatic rings. The molecule has 0 saturated carbocycles. The third-order valence-electron chi connectivity index (χ3n) is 4.88. The summed E-state index contributed by atoms with van der Waals surface area (Å²) in [4.78, 5) is 26.2. The predicted octanol–water partition coefficient (Wildman–Crippen LogP) is 5.49. The first-order valence-electron chi connectivity index (χ1n) is 10.1. The summed E-state index contributed by atoms with van der Waals surface area (Å²) in [5.41, 5.74) is 3.46. The van der Waals surface area contributed by atoms with Crippen LogP contribution in [0, 0.1) is 13.8 Å². The van der Waals surface area contributed by atoms with Crippen molar-refractivity contribution in [1.82, 2.24) is 0 Å². The zero-order valence-electron chi connectivity index (χ0n) is 18.2. The van der Waals surface area contributed by atoms with Gasteiger partial charge in [-0.25, -0.2) is 4.79 Å². The Labute approximate surface area is 182 Å². The number of hydrogen-bond donors (Lipinski definition) is 0. The average Bonchev–Trinajstić information content (AvgIpc) is 2.78. The van der Waals surface area contributed by atoms with Crippen molar-refractivity contribution in [2.45, 2.75) is 26.9 Å². The van der Waals surface area contributed by atoms with Crippen molar-refractivity contribution in [3.8, 4) is 11.5 Å². The second-order valence-electron chi connectivity index (χ2n) is 7.22. The molecule has 0 heterocycles. The molecule has 0 spiro atoms. The molecule has 5 heteroatoms. The maximum atomic E-state index is 13.2. The number of esters is 1. The number of methoxy groups -OCH3 is 1. The van der Waals surface area contributed by atoms with Gasteiger partial charge in [0, 0.05) is 11.1 Å². The first kappa shape index (κ1) is 22.1. The zero-order chi connectivity index (χ0) is 22.4. The van der Waals surface area contributed by atoms with E-state index in [1.54, 1.807) is 42.5 Å². The van der Waals surface area contributed by atoms with Crippen molar-refractivity contribution in [1.29, 1.82) is 0 Å². The van der Waals surface area contributed by atoms with Crippen LogP contribution < -0.4 is 9.47 Å². The molecule has 0 aromatic heterocycles. The van der Waals surface area contributed by atoms with Gasteiger partial charge in [-0.1, -0.05) is 59.7 Å². The topological polar surface area (TPSA) is 61.8 Å². The molecule has 3 aromatic rings. The number of benzene rings is 3. The Morgan fingerprint density at radius 3 is 1.97 bits per heavy atom. The van der Waals surface area contributed by atoms with Crippen LogP contribution >= 0.6 is 0 Å². The highest BCUT2D eigenvalue weighted by Gasteiger charge is 2.27. The molecular weight excluding hydrogens is 392 g/mol. The Morgan fingerprint density at radius 1 is 0.806 bits per heavy atom. The summed E-state index contributed by atoms with van der Waals surface area (Å²) in [5, 5.41) is 0. The van der Waals surface area contributed by atoms with Crippen molar-refractivity contribution < 1.29 is 23.8 Å². The lowest BCUT2D eigenvalue weighted by atomic mass is 9.98. The normalized spacial score (nSPS) is 11.5. The van der Waals surface area contributed by atoms with E-state index >= 15 is 0 Å². The van der Waals surface area contributed by atoms with Crippen molar-refractivity contribution in [3.05, 3.63) is 94.5 Å². The summed E-state index contributed by atoms with van der Waals surface area (Å²) in [6, 6.07) is 19.4. The smallest absolute Gasteiger partial charge is 0.339 e. The molecule has 0 bridgehead atoms. The quantitative estimate of drug-likeness (QED) is 0.357. The van der Waals surface area contributed by atoms with Gasteiger partial charge in [-0.15, -0.1) is 0 Å². The molecule has 0 fully saturated rings. The van der Waals surface area contributed by atoms with E-state index in [1.807, 2.05) is 45.0 Å². The highest BCUT2D eigenvalue weighted by molar-refractivity contribution is 6.02. The molecule has 0 saturated heterocycles. The third kappa shape index (κ3) is 5.31. The standard InChI is InChI=1S/C26H26O5/c1-5-30-22-15-14-21(16-23(22)29-4)26(28)31-25(20-12-8-18(3)9-13-20)24(27)19-10-6-17(2)7-11-19/h6-16,25H,5H2,1-4H3/t25-/m0/s1. The number of aryl methyl sites for hydroxylation is 2. The molecule has 0 aliphatic carbocycles. The van der Waals surface area contributed by atoms with Crippen LogP contribution in [0.2, 0.25) is 0 Å². The third-order valence-corrected chi connectivity index (χ3v) is 4.88. The van der Waals surface area contributed by atoms with Crippen LogP contribution in [0.5, 0.6) is 11.5 Å². The van der Waals surface area contributed by atoms with E-state index < -0.39 is 12.1 Å². The lowest BCUT2D eigenvalue weighted by Crippen LogP contribution is -2.20. The fourth-order valence-corrected chi connectivity index (χ4v) is 3.13. The molecule has 0 radical (unpaired) electrons. The molecule has 160 valence electrons. The van der Waals surface area contributed by atoms with Gasteiger partial charge < -0.3 is 14.2 Å². The number of ether oxygens (including phenoxy) is 3. The summed E-state index contributed by atoms with van der Waals surface area (Å²) in [7, 11) is 1.50. The number of ketones is 1. The molecule has 31 heavy (non-hydrogen) atoms. The fourth-order valence-electron chi connectivity index (χ4n) is 3.13. The highest BCUT2D eigenvalue weighted by atomic mass is 16.5. The number of hydrogen-bond acceptors (Lipinski definition) is 5. The molecular formula is C26H26O5. The van der Waals surface area contributed by atoms with Crippen LogP contribution in [0.3, 0.4) is 0 Å². The van der Waals surface area contributed by atoms with Gasteiger partial charge in [0.25, 0.3) is 0 Å². The second-order valence-corrected chi connectivity index (χ2v) is 7.22. The van der Waals surface area contributed by atoms with Crippen LogP contribution in [0.15, 0.2) is 66.7 Å². The van der Waals surface area contributed by atoms with Crippen LogP contribution in [-0.4, -0.2) is 25.5 Å². The molecule has 0 N–H and O–H groups in total. The van der Waals surface area contributed by atoms with Gasteiger partial charge in [0.1, 0.15) is 0 Å². The van der Waals surface area contributed by atoms with Gasteiger partial charge in [0.2, 0.25) is 5.78 Å². The summed E-state index contributed by atoms with van der Waals surface area (Å²) < 4.78 is 16.5. The Kier molecular flexibility index (Phi) is 7.08. The Hall–Kier alpha value is -3.60. The number of Topliss-reactive ketones (excluding diaryl/α,β-unsaturated/α-hetero) is 1. The minimum Gasteiger partial charge on any atom is -0.493 e. The van der Waals surface area contributed by atoms with Crippen molar-refractivity contribution >= 4 is 11.8 Å². The molecule has 0 aliphatic heterocycles. The molecule has 0 amide bonds. The molecule has 0 unspecified atom stereocenters. The van der Waals surface area contributed by atoms with E-state index in [2.05, 4.69) is 0 Å². The monoisotopic (exact) mass is 418 g/mol. The first-order valence-corrected chi connectivity index (χ1v) is 10.1. The molecule has 5 nitrogen and oxygen atoms in total. The van der Waals surface area contributed by atoms with Crippen LogP contribution in [0.1, 0.15) is 50.4 Å². The maximum absolute atomic E-state index is 13.2. The van der Waals surface area contributed by atoms with E-state index in [-0.39, 0.29) is 11.3 Å². The van der Waals surface area contributed by atoms with Gasteiger partial charge in [-0.3, -0.25) is 4.79 Å². The number of carbonyl (C=O) groups excluding carboxylic acids is 2. The minimum atomic E-state index is -1.06. The van der Waals surface area contributed by atoms with Crippen LogP contribution in [0.25, 0.3) is 0 Å². The highest BCUT2D eigenvalue weighted by Crippen LogP contribution is 2.30. The lowest BCUT2D eigenvalue weighted by molar-refractivity contribution is 0.0279. The summed E-state index contributed by atoms with van der Waals surface area (Å²) in [6.07, 6.45) is -1.06. The lowest BCUT2D eigenvalue weighted by Gasteiger charge is -2.18. The SMILES string of the molecule is CCOc1ccc(C(=O)O[C@H](C(=O)c2ccc(C)cc2)c2ccc(C)cc2)cc1OC. The number of carbonyl (C=O) groups is 2. The van der Waals surface area contributed by atoms with Crippen molar-refractivity contribution in [3.63, 3.8) is 0 Å². The molecule has 1 atom stereocenters. The largest absolute Gasteiger partial charge is 0.493 e. The summed E-state index contributed by atoms with van der Waals surface area (Å²) in [5.74, 6) is 0.0582. The van der Waals surface area contributed by atoms with Gasteiger partial charge >= 0.3 is 5.97 Å². The Bertz CT molecular complexity index is 1050. The minimum absolute atomic E-state index is 0.272. The average molecular weight is 418 g/mol. The van der Waals surface area contributed by atoms with Gasteiger partial charge in [0.05, 0.1) is 19.3 Å². The van der Waals surface area contributed by atoms with Gasteiger partial charge in [-0.2, -0.15) is 0 Å². The van der Waals surface area contributed by atoms with E-state index in [0.29, 0.717) is 29.2 Å². The predicted molar refractivity (Wildman–Crippen MR) is 119 cm³/mol. The van der Waals surface area contributed by atoms with Crippen LogP contribution in [0.4, 0.5) is 0 Å². The Balaban J connectivity index is 1.92. The number of rotatable bonds is 8.